The van der Waals surface area contributed by atoms with Crippen molar-refractivity contribution in [3.8, 4) is 0 Å². The molecule has 0 bridgehead atoms. The topological polar surface area (TPSA) is 114 Å². The van der Waals surface area contributed by atoms with Crippen molar-refractivity contribution in [3.05, 3.63) is 45.5 Å². The van der Waals surface area contributed by atoms with Gasteiger partial charge in [0.2, 0.25) is 5.91 Å². The van der Waals surface area contributed by atoms with Gasteiger partial charge in [-0.05, 0) is 19.4 Å². The highest BCUT2D eigenvalue weighted by Crippen LogP contribution is 2.43. The molecule has 2 aromatic rings. The summed E-state index contributed by atoms with van der Waals surface area (Å²) in [6, 6.07) is 3.19. The van der Waals surface area contributed by atoms with Crippen LogP contribution in [0.5, 0.6) is 0 Å². The van der Waals surface area contributed by atoms with Crippen molar-refractivity contribution in [1.82, 2.24) is 14.8 Å². The Bertz CT molecular complexity index is 1040. The zero-order valence-corrected chi connectivity index (χ0v) is 15.7. The first-order valence-corrected chi connectivity index (χ1v) is 11.1. The number of H-pyrrole nitrogens is 1. The maximum Gasteiger partial charge on any atom is 0.252 e. The Balaban J connectivity index is 1.86. The number of sulfone groups is 1. The zero-order valence-electron chi connectivity index (χ0n) is 14.1. The molecule has 1 fully saturated rings. The summed E-state index contributed by atoms with van der Waals surface area (Å²) in [5.74, 6) is 0.660. The minimum atomic E-state index is -3.09. The Labute approximate surface area is 154 Å². The van der Waals surface area contributed by atoms with E-state index in [0.717, 1.165) is 5.56 Å². The summed E-state index contributed by atoms with van der Waals surface area (Å²) < 4.78 is 25.4. The molecule has 4 heterocycles. The second-order valence-corrected chi connectivity index (χ2v) is 9.87. The normalized spacial score (nSPS) is 24.7. The number of rotatable bonds is 2. The van der Waals surface area contributed by atoms with Gasteiger partial charge in [-0.1, -0.05) is 6.07 Å². The van der Waals surface area contributed by atoms with E-state index in [0.29, 0.717) is 23.5 Å². The summed E-state index contributed by atoms with van der Waals surface area (Å²) in [7, 11) is -3.09. The number of carbonyl (C=O) groups excluding carboxylic acids is 1. The van der Waals surface area contributed by atoms with Crippen molar-refractivity contribution in [2.45, 2.75) is 24.6 Å². The summed E-state index contributed by atoms with van der Waals surface area (Å²) in [5, 5.41) is 7.06. The lowest BCUT2D eigenvalue weighted by Gasteiger charge is -2.16. The Morgan fingerprint density at radius 1 is 1.35 bits per heavy atom. The van der Waals surface area contributed by atoms with Crippen LogP contribution in [-0.4, -0.2) is 46.3 Å². The molecule has 2 N–H and O–H groups in total. The van der Waals surface area contributed by atoms with Gasteiger partial charge in [-0.2, -0.15) is 5.10 Å². The molecule has 2 aliphatic rings. The van der Waals surface area contributed by atoms with Crippen molar-refractivity contribution in [1.29, 1.82) is 0 Å². The molecule has 26 heavy (non-hydrogen) atoms. The zero-order chi connectivity index (χ0) is 18.5. The SMILES string of the molecule is Cc1nn(C2CCS(=O)(=O)C2)c2c1C(c1ccc[nH]c1=O)SCC(=O)N2. The fraction of sp³-hybridized carbons (Fsp3) is 0.438. The molecule has 10 heteroatoms. The molecule has 0 aromatic carbocycles. The predicted octanol–water partition coefficient (Wildman–Crippen LogP) is 1.01. The quantitative estimate of drug-likeness (QED) is 0.786. The van der Waals surface area contributed by atoms with Crippen molar-refractivity contribution in [2.24, 2.45) is 0 Å². The van der Waals surface area contributed by atoms with Gasteiger partial charge >= 0.3 is 0 Å². The van der Waals surface area contributed by atoms with Gasteiger partial charge in [-0.3, -0.25) is 9.59 Å². The van der Waals surface area contributed by atoms with Gasteiger partial charge in [0.15, 0.2) is 9.84 Å². The van der Waals surface area contributed by atoms with E-state index in [2.05, 4.69) is 15.4 Å². The lowest BCUT2D eigenvalue weighted by atomic mass is 10.1. The van der Waals surface area contributed by atoms with Crippen LogP contribution in [0.1, 0.15) is 34.5 Å². The highest BCUT2D eigenvalue weighted by molar-refractivity contribution is 8.00. The van der Waals surface area contributed by atoms with Crippen LogP contribution in [0.15, 0.2) is 23.1 Å². The van der Waals surface area contributed by atoms with Gasteiger partial charge in [-0.25, -0.2) is 13.1 Å². The number of carbonyl (C=O) groups is 1. The van der Waals surface area contributed by atoms with Crippen LogP contribution < -0.4 is 10.9 Å². The van der Waals surface area contributed by atoms with E-state index in [4.69, 9.17) is 0 Å². The largest absolute Gasteiger partial charge is 0.329 e. The van der Waals surface area contributed by atoms with Gasteiger partial charge in [0.25, 0.3) is 5.56 Å². The van der Waals surface area contributed by atoms with E-state index in [1.165, 1.54) is 11.8 Å². The molecule has 2 atom stereocenters. The monoisotopic (exact) mass is 394 g/mol. The molecule has 138 valence electrons. The number of thioether (sulfide) groups is 1. The van der Waals surface area contributed by atoms with Gasteiger partial charge in [0.1, 0.15) is 5.82 Å². The molecule has 2 aromatic heterocycles. The summed E-state index contributed by atoms with van der Waals surface area (Å²) in [6.07, 6.45) is 2.03. The Morgan fingerprint density at radius 3 is 2.85 bits per heavy atom. The number of aromatic amines is 1. The first-order chi connectivity index (χ1) is 12.4. The Kier molecular flexibility index (Phi) is 4.19. The molecule has 0 aliphatic carbocycles. The van der Waals surface area contributed by atoms with Gasteiger partial charge in [0, 0.05) is 17.3 Å². The van der Waals surface area contributed by atoms with E-state index in [-0.39, 0.29) is 40.0 Å². The number of anilines is 1. The molecule has 1 amide bonds. The molecular formula is C16H18N4O4S2. The van der Waals surface area contributed by atoms with Crippen LogP contribution >= 0.6 is 11.8 Å². The number of nitrogens with zero attached hydrogens (tertiary/aromatic N) is 2. The number of fused-ring (bicyclic) bond motifs is 1. The third-order valence-electron chi connectivity index (χ3n) is 4.72. The van der Waals surface area contributed by atoms with Crippen molar-refractivity contribution in [2.75, 3.05) is 22.6 Å². The highest BCUT2D eigenvalue weighted by atomic mass is 32.2. The minimum absolute atomic E-state index is 0.0140. The first kappa shape index (κ1) is 17.3. The number of aryl methyl sites for hydroxylation is 1. The van der Waals surface area contributed by atoms with E-state index in [1.807, 2.05) is 6.92 Å². The minimum Gasteiger partial charge on any atom is -0.329 e. The lowest BCUT2D eigenvalue weighted by molar-refractivity contribution is -0.113. The Morgan fingerprint density at radius 2 is 2.15 bits per heavy atom. The number of amides is 1. The molecular weight excluding hydrogens is 376 g/mol. The van der Waals surface area contributed by atoms with Crippen LogP contribution in [0.3, 0.4) is 0 Å². The summed E-state index contributed by atoms with van der Waals surface area (Å²) in [4.78, 5) is 27.2. The number of aromatic nitrogens is 3. The van der Waals surface area contributed by atoms with Crippen LogP contribution in [0.25, 0.3) is 0 Å². The summed E-state index contributed by atoms with van der Waals surface area (Å²) in [5.41, 5.74) is 1.80. The van der Waals surface area contributed by atoms with Crippen LogP contribution in [0.2, 0.25) is 0 Å². The molecule has 2 unspecified atom stereocenters. The van der Waals surface area contributed by atoms with E-state index in [9.17, 15) is 18.0 Å². The average Bonchev–Trinajstić information content (AvgIpc) is 3.03. The van der Waals surface area contributed by atoms with E-state index < -0.39 is 9.84 Å². The molecule has 8 nitrogen and oxygen atoms in total. The maximum atomic E-state index is 12.3. The number of nitrogens with one attached hydrogen (secondary N) is 2. The van der Waals surface area contributed by atoms with Crippen molar-refractivity contribution in [3.63, 3.8) is 0 Å². The number of hydrogen-bond donors (Lipinski definition) is 2. The molecule has 2 aliphatic heterocycles. The van der Waals surface area contributed by atoms with Crippen LogP contribution in [-0.2, 0) is 14.6 Å². The van der Waals surface area contributed by atoms with Crippen molar-refractivity contribution >= 4 is 33.3 Å². The third kappa shape index (κ3) is 2.96. The van der Waals surface area contributed by atoms with Crippen molar-refractivity contribution < 1.29 is 13.2 Å². The molecule has 0 spiro atoms. The lowest BCUT2D eigenvalue weighted by Crippen LogP contribution is -2.20. The van der Waals surface area contributed by atoms with E-state index >= 15 is 0 Å². The molecule has 0 radical (unpaired) electrons. The first-order valence-electron chi connectivity index (χ1n) is 8.24. The maximum absolute atomic E-state index is 12.3. The average molecular weight is 394 g/mol. The van der Waals surface area contributed by atoms with Crippen LogP contribution in [0.4, 0.5) is 5.82 Å². The third-order valence-corrected chi connectivity index (χ3v) is 7.72. The Hall–Kier alpha value is -2.07. The predicted molar refractivity (Wildman–Crippen MR) is 99.3 cm³/mol. The van der Waals surface area contributed by atoms with Gasteiger partial charge in [-0.15, -0.1) is 11.8 Å². The van der Waals surface area contributed by atoms with Crippen LogP contribution in [0, 0.1) is 6.92 Å². The highest BCUT2D eigenvalue weighted by Gasteiger charge is 2.36. The van der Waals surface area contributed by atoms with Gasteiger partial charge in [0.05, 0.1) is 34.2 Å². The standard InChI is InChI=1S/C16H18N4O4S2/c1-9-13-14(11-3-2-5-17-16(11)22)25-7-12(21)18-15(13)20(19-9)10-4-6-26(23,24)8-10/h2-3,5,10,14H,4,6-8H2,1H3,(H,17,22)(H,18,21). The smallest absolute Gasteiger partial charge is 0.252 e. The summed E-state index contributed by atoms with van der Waals surface area (Å²) >= 11 is 1.37. The number of pyridine rings is 1. The summed E-state index contributed by atoms with van der Waals surface area (Å²) in [6.45, 7) is 1.82. The van der Waals surface area contributed by atoms with Gasteiger partial charge < -0.3 is 10.3 Å². The fourth-order valence-corrected chi connectivity index (χ4v) is 6.42. The molecule has 1 saturated heterocycles. The van der Waals surface area contributed by atoms with E-state index in [1.54, 1.807) is 23.0 Å². The number of hydrogen-bond acceptors (Lipinski definition) is 6. The fourth-order valence-electron chi connectivity index (χ4n) is 3.53. The molecule has 0 saturated carbocycles. The second kappa shape index (κ2) is 6.27. The molecule has 4 rings (SSSR count). The second-order valence-electron chi connectivity index (χ2n) is 6.54.